The number of hydrogen-bond donors (Lipinski definition) is 1. The predicted octanol–water partition coefficient (Wildman–Crippen LogP) is 0.303. The first-order valence-electron chi connectivity index (χ1n) is 4.90. The summed E-state index contributed by atoms with van der Waals surface area (Å²) in [5.74, 6) is -0.284. The number of nitrogens with zero attached hydrogens (tertiary/aromatic N) is 2. The Balaban J connectivity index is 3.68. The van der Waals surface area contributed by atoms with E-state index in [0.717, 1.165) is 15.6 Å². The summed E-state index contributed by atoms with van der Waals surface area (Å²) in [6, 6.07) is 0. The fourth-order valence-electron chi connectivity index (χ4n) is 1.49. The van der Waals surface area contributed by atoms with Crippen LogP contribution in [0.2, 0.25) is 0 Å². The van der Waals surface area contributed by atoms with Crippen LogP contribution >= 0.6 is 0 Å². The highest BCUT2D eigenvalue weighted by Crippen LogP contribution is 2.22. The van der Waals surface area contributed by atoms with Crippen LogP contribution in [0, 0.1) is 0 Å². The Bertz CT molecular complexity index is 485. The van der Waals surface area contributed by atoms with Crippen LogP contribution in [-0.2, 0) is 14.1 Å². The third-order valence-electron chi connectivity index (χ3n) is 2.77. The van der Waals surface area contributed by atoms with Crippen molar-refractivity contribution in [2.24, 2.45) is 14.1 Å². The van der Waals surface area contributed by atoms with Crippen molar-refractivity contribution in [3.05, 3.63) is 26.4 Å². The van der Waals surface area contributed by atoms with Crippen molar-refractivity contribution >= 4 is 0 Å². The third-order valence-corrected chi connectivity index (χ3v) is 2.77. The number of aromatic hydroxyl groups is 1. The van der Waals surface area contributed by atoms with E-state index in [-0.39, 0.29) is 11.8 Å². The largest absolute Gasteiger partial charge is 0.494 e. The summed E-state index contributed by atoms with van der Waals surface area (Å²) < 4.78 is 2.10. The Morgan fingerprint density at radius 3 is 2.27 bits per heavy atom. The lowest BCUT2D eigenvalue weighted by atomic mass is 10.0. The molecule has 1 heterocycles. The summed E-state index contributed by atoms with van der Waals surface area (Å²) in [5.41, 5.74) is -0.614. The zero-order valence-electron chi connectivity index (χ0n) is 9.44. The molecule has 1 aromatic heterocycles. The topological polar surface area (TPSA) is 64.2 Å². The summed E-state index contributed by atoms with van der Waals surface area (Å²) in [5, 5.41) is 9.73. The summed E-state index contributed by atoms with van der Waals surface area (Å²) in [6.45, 7) is 3.77. The third kappa shape index (κ3) is 1.69. The Morgan fingerprint density at radius 1 is 1.27 bits per heavy atom. The first-order chi connectivity index (χ1) is 6.91. The SMILES string of the molecule is CCC(C)c1c(O)n(C)c(=O)n(C)c1=O. The second kappa shape index (κ2) is 3.92. The summed E-state index contributed by atoms with van der Waals surface area (Å²) in [4.78, 5) is 23.2. The normalized spacial score (nSPS) is 12.8. The van der Waals surface area contributed by atoms with Crippen molar-refractivity contribution in [2.45, 2.75) is 26.2 Å². The summed E-state index contributed by atoms with van der Waals surface area (Å²) in [6.07, 6.45) is 0.737. The van der Waals surface area contributed by atoms with Gasteiger partial charge in [0.1, 0.15) is 0 Å². The average Bonchev–Trinajstić information content (AvgIpc) is 2.23. The van der Waals surface area contributed by atoms with Gasteiger partial charge in [0.15, 0.2) is 0 Å². The molecule has 0 spiro atoms. The van der Waals surface area contributed by atoms with Gasteiger partial charge in [0.05, 0.1) is 5.56 Å². The molecule has 1 atom stereocenters. The van der Waals surface area contributed by atoms with Crippen LogP contribution in [0.3, 0.4) is 0 Å². The molecular weight excluding hydrogens is 196 g/mol. The number of hydrogen-bond acceptors (Lipinski definition) is 3. The molecule has 0 aromatic carbocycles. The minimum Gasteiger partial charge on any atom is -0.494 e. The fourth-order valence-corrected chi connectivity index (χ4v) is 1.49. The lowest BCUT2D eigenvalue weighted by Gasteiger charge is -2.14. The van der Waals surface area contributed by atoms with E-state index in [0.29, 0.717) is 5.56 Å². The van der Waals surface area contributed by atoms with Crippen molar-refractivity contribution in [1.82, 2.24) is 9.13 Å². The van der Waals surface area contributed by atoms with E-state index >= 15 is 0 Å². The molecule has 0 amide bonds. The van der Waals surface area contributed by atoms with Gasteiger partial charge in [-0.1, -0.05) is 13.8 Å². The van der Waals surface area contributed by atoms with Gasteiger partial charge >= 0.3 is 5.69 Å². The van der Waals surface area contributed by atoms with Gasteiger partial charge in [-0.3, -0.25) is 13.9 Å². The molecule has 1 unspecified atom stereocenters. The number of aromatic nitrogens is 2. The van der Waals surface area contributed by atoms with E-state index in [9.17, 15) is 14.7 Å². The maximum absolute atomic E-state index is 11.8. The quantitative estimate of drug-likeness (QED) is 0.767. The molecule has 0 radical (unpaired) electrons. The van der Waals surface area contributed by atoms with Crippen molar-refractivity contribution in [1.29, 1.82) is 0 Å². The standard InChI is InChI=1S/C10H16N2O3/c1-5-6(2)7-8(13)11(3)10(15)12(4)9(7)14/h6,13H,5H2,1-4H3. The smallest absolute Gasteiger partial charge is 0.333 e. The maximum Gasteiger partial charge on any atom is 0.333 e. The number of rotatable bonds is 2. The molecule has 1 aromatic rings. The van der Waals surface area contributed by atoms with Gasteiger partial charge in [-0.2, -0.15) is 0 Å². The van der Waals surface area contributed by atoms with Crippen LogP contribution in [0.1, 0.15) is 31.7 Å². The molecule has 0 bridgehead atoms. The van der Waals surface area contributed by atoms with Gasteiger partial charge in [0.25, 0.3) is 5.56 Å². The zero-order valence-corrected chi connectivity index (χ0v) is 9.44. The van der Waals surface area contributed by atoms with Crippen LogP contribution < -0.4 is 11.2 Å². The average molecular weight is 212 g/mol. The van der Waals surface area contributed by atoms with E-state index in [1.54, 1.807) is 0 Å². The van der Waals surface area contributed by atoms with Gasteiger partial charge < -0.3 is 5.11 Å². The molecular formula is C10H16N2O3. The molecule has 0 aliphatic rings. The molecule has 0 saturated carbocycles. The van der Waals surface area contributed by atoms with E-state index in [2.05, 4.69) is 0 Å². The Labute approximate surface area is 87.6 Å². The Hall–Kier alpha value is -1.52. The lowest BCUT2D eigenvalue weighted by molar-refractivity contribution is 0.397. The highest BCUT2D eigenvalue weighted by Gasteiger charge is 2.18. The van der Waals surface area contributed by atoms with Crippen molar-refractivity contribution < 1.29 is 5.11 Å². The molecule has 15 heavy (non-hydrogen) atoms. The van der Waals surface area contributed by atoms with Gasteiger partial charge in [-0.25, -0.2) is 4.79 Å². The van der Waals surface area contributed by atoms with Gasteiger partial charge in [-0.05, 0) is 12.3 Å². The highest BCUT2D eigenvalue weighted by atomic mass is 16.3. The Kier molecular flexibility index (Phi) is 3.02. The van der Waals surface area contributed by atoms with Crippen LogP contribution in [0.15, 0.2) is 9.59 Å². The Morgan fingerprint density at radius 2 is 1.80 bits per heavy atom. The molecule has 1 rings (SSSR count). The van der Waals surface area contributed by atoms with E-state index in [1.807, 2.05) is 13.8 Å². The maximum atomic E-state index is 11.8. The highest BCUT2D eigenvalue weighted by molar-refractivity contribution is 5.26. The summed E-state index contributed by atoms with van der Waals surface area (Å²) in [7, 11) is 2.86. The van der Waals surface area contributed by atoms with Crippen LogP contribution in [0.25, 0.3) is 0 Å². The van der Waals surface area contributed by atoms with Crippen molar-refractivity contribution in [3.63, 3.8) is 0 Å². The van der Waals surface area contributed by atoms with Crippen LogP contribution in [0.4, 0.5) is 0 Å². The minimum absolute atomic E-state index is 0.0597. The molecule has 0 aliphatic heterocycles. The first kappa shape index (κ1) is 11.6. The fraction of sp³-hybridized carbons (Fsp3) is 0.600. The second-order valence-corrected chi connectivity index (χ2v) is 3.75. The molecule has 0 fully saturated rings. The lowest BCUT2D eigenvalue weighted by Crippen LogP contribution is -2.39. The molecule has 5 heteroatoms. The van der Waals surface area contributed by atoms with Gasteiger partial charge in [0, 0.05) is 14.1 Å². The molecule has 5 nitrogen and oxygen atoms in total. The predicted molar refractivity (Wildman–Crippen MR) is 57.3 cm³/mol. The summed E-state index contributed by atoms with van der Waals surface area (Å²) >= 11 is 0. The van der Waals surface area contributed by atoms with Crippen molar-refractivity contribution in [3.8, 4) is 5.88 Å². The molecule has 0 saturated heterocycles. The second-order valence-electron chi connectivity index (χ2n) is 3.75. The molecule has 0 aliphatic carbocycles. The van der Waals surface area contributed by atoms with Gasteiger partial charge in [0.2, 0.25) is 5.88 Å². The zero-order chi connectivity index (χ0) is 11.7. The van der Waals surface area contributed by atoms with Crippen molar-refractivity contribution in [2.75, 3.05) is 0 Å². The monoisotopic (exact) mass is 212 g/mol. The van der Waals surface area contributed by atoms with Crippen LogP contribution in [0.5, 0.6) is 5.88 Å². The van der Waals surface area contributed by atoms with E-state index in [4.69, 9.17) is 0 Å². The van der Waals surface area contributed by atoms with Crippen LogP contribution in [-0.4, -0.2) is 14.2 Å². The molecule has 1 N–H and O–H groups in total. The van der Waals surface area contributed by atoms with E-state index < -0.39 is 11.2 Å². The minimum atomic E-state index is -0.510. The first-order valence-corrected chi connectivity index (χ1v) is 4.90. The van der Waals surface area contributed by atoms with Gasteiger partial charge in [-0.15, -0.1) is 0 Å². The van der Waals surface area contributed by atoms with E-state index in [1.165, 1.54) is 14.1 Å². The molecule has 84 valence electrons.